The van der Waals surface area contributed by atoms with Gasteiger partial charge in [-0.3, -0.25) is 4.79 Å². The standard InChI is InChI=1S/C10H8.C8H9NO/c1-2-6-10-8-4-3-7-9(10)5-1;1-6-3-2-4-7(5-10)8(6)9/h1-8H;2-5H,9H2,1H3. The van der Waals surface area contributed by atoms with E-state index in [0.29, 0.717) is 11.3 Å². The van der Waals surface area contributed by atoms with Gasteiger partial charge in [-0.1, -0.05) is 60.7 Å². The van der Waals surface area contributed by atoms with E-state index in [4.69, 9.17) is 5.73 Å². The van der Waals surface area contributed by atoms with Crippen LogP contribution in [0.4, 0.5) is 5.69 Å². The molecule has 0 aliphatic carbocycles. The van der Waals surface area contributed by atoms with Crippen molar-refractivity contribution in [3.05, 3.63) is 77.9 Å². The van der Waals surface area contributed by atoms with E-state index in [2.05, 4.69) is 48.5 Å². The van der Waals surface area contributed by atoms with E-state index >= 15 is 0 Å². The first-order valence-corrected chi connectivity index (χ1v) is 6.46. The Morgan fingerprint density at radius 2 is 1.30 bits per heavy atom. The summed E-state index contributed by atoms with van der Waals surface area (Å²) >= 11 is 0. The molecule has 2 nitrogen and oxygen atoms in total. The summed E-state index contributed by atoms with van der Waals surface area (Å²) in [6, 6.07) is 22.1. The van der Waals surface area contributed by atoms with Gasteiger partial charge < -0.3 is 5.73 Å². The molecule has 0 amide bonds. The molecule has 2 heteroatoms. The van der Waals surface area contributed by atoms with E-state index in [-0.39, 0.29) is 0 Å². The highest BCUT2D eigenvalue weighted by Gasteiger charge is 1.97. The molecule has 0 aliphatic rings. The molecule has 0 heterocycles. The number of nitrogen functional groups attached to an aromatic ring is 1. The zero-order valence-electron chi connectivity index (χ0n) is 11.4. The molecule has 0 aromatic heterocycles. The van der Waals surface area contributed by atoms with Crippen LogP contribution in [0.5, 0.6) is 0 Å². The number of benzene rings is 3. The fraction of sp³-hybridized carbons (Fsp3) is 0.0556. The number of para-hydroxylation sites is 1. The van der Waals surface area contributed by atoms with Crippen LogP contribution in [0, 0.1) is 6.92 Å². The Labute approximate surface area is 118 Å². The summed E-state index contributed by atoms with van der Waals surface area (Å²) in [5.74, 6) is 0. The fourth-order valence-electron chi connectivity index (χ4n) is 1.94. The molecular weight excluding hydrogens is 246 g/mol. The predicted octanol–water partition coefficient (Wildman–Crippen LogP) is 4.23. The Balaban J connectivity index is 0.000000147. The van der Waals surface area contributed by atoms with E-state index in [1.54, 1.807) is 6.07 Å². The summed E-state index contributed by atoms with van der Waals surface area (Å²) in [6.07, 6.45) is 0.766. The molecule has 3 rings (SSSR count). The van der Waals surface area contributed by atoms with Gasteiger partial charge in [-0.2, -0.15) is 0 Å². The van der Waals surface area contributed by atoms with Crippen LogP contribution in [0.2, 0.25) is 0 Å². The number of aryl methyl sites for hydroxylation is 1. The largest absolute Gasteiger partial charge is 0.398 e. The van der Waals surface area contributed by atoms with Crippen molar-refractivity contribution in [2.45, 2.75) is 6.92 Å². The number of anilines is 1. The molecule has 0 saturated heterocycles. The van der Waals surface area contributed by atoms with E-state index in [0.717, 1.165) is 11.8 Å². The maximum atomic E-state index is 10.3. The lowest BCUT2D eigenvalue weighted by Crippen LogP contribution is -1.94. The molecule has 0 bridgehead atoms. The lowest BCUT2D eigenvalue weighted by Gasteiger charge is -1.99. The highest BCUT2D eigenvalue weighted by atomic mass is 16.1. The van der Waals surface area contributed by atoms with Crippen LogP contribution in [0.25, 0.3) is 10.8 Å². The quantitative estimate of drug-likeness (QED) is 0.527. The van der Waals surface area contributed by atoms with Crippen molar-refractivity contribution in [2.75, 3.05) is 5.73 Å². The van der Waals surface area contributed by atoms with Gasteiger partial charge >= 0.3 is 0 Å². The number of aldehydes is 1. The summed E-state index contributed by atoms with van der Waals surface area (Å²) in [5, 5.41) is 2.62. The lowest BCUT2D eigenvalue weighted by atomic mass is 10.1. The third-order valence-corrected chi connectivity index (χ3v) is 3.14. The Kier molecular flexibility index (Phi) is 4.51. The molecule has 100 valence electrons. The van der Waals surface area contributed by atoms with Crippen molar-refractivity contribution in [1.82, 2.24) is 0 Å². The van der Waals surface area contributed by atoms with Gasteiger partial charge in [0.05, 0.1) is 0 Å². The minimum Gasteiger partial charge on any atom is -0.398 e. The molecule has 3 aromatic carbocycles. The molecule has 0 radical (unpaired) electrons. The average molecular weight is 263 g/mol. The number of carbonyl (C=O) groups excluding carboxylic acids is 1. The van der Waals surface area contributed by atoms with Crippen molar-refractivity contribution in [3.63, 3.8) is 0 Å². The number of hydrogen-bond donors (Lipinski definition) is 1. The highest BCUT2D eigenvalue weighted by Crippen LogP contribution is 2.13. The smallest absolute Gasteiger partial charge is 0.152 e. The first-order chi connectivity index (χ1) is 9.72. The van der Waals surface area contributed by atoms with Gasteiger partial charge in [0.25, 0.3) is 0 Å². The van der Waals surface area contributed by atoms with Gasteiger partial charge in [-0.15, -0.1) is 0 Å². The molecule has 3 aromatic rings. The predicted molar refractivity (Wildman–Crippen MR) is 84.9 cm³/mol. The summed E-state index contributed by atoms with van der Waals surface area (Å²) in [4.78, 5) is 10.3. The van der Waals surface area contributed by atoms with E-state index in [9.17, 15) is 4.79 Å². The second-order valence-electron chi connectivity index (χ2n) is 4.54. The zero-order valence-corrected chi connectivity index (χ0v) is 11.4. The fourth-order valence-corrected chi connectivity index (χ4v) is 1.94. The minimum absolute atomic E-state index is 0.569. The third-order valence-electron chi connectivity index (χ3n) is 3.14. The normalized spacial score (nSPS) is 9.65. The minimum atomic E-state index is 0.569. The van der Waals surface area contributed by atoms with Gasteiger partial charge in [0.15, 0.2) is 6.29 Å². The lowest BCUT2D eigenvalue weighted by molar-refractivity contribution is 0.112. The van der Waals surface area contributed by atoms with Crippen LogP contribution in [0.1, 0.15) is 15.9 Å². The molecule has 0 unspecified atom stereocenters. The maximum Gasteiger partial charge on any atom is 0.152 e. The van der Waals surface area contributed by atoms with Crippen LogP contribution in [0.3, 0.4) is 0 Å². The van der Waals surface area contributed by atoms with Gasteiger partial charge in [-0.25, -0.2) is 0 Å². The Morgan fingerprint density at radius 3 is 1.70 bits per heavy atom. The molecule has 0 aliphatic heterocycles. The van der Waals surface area contributed by atoms with Crippen molar-refractivity contribution >= 4 is 22.7 Å². The van der Waals surface area contributed by atoms with Crippen molar-refractivity contribution in [1.29, 1.82) is 0 Å². The van der Waals surface area contributed by atoms with Crippen molar-refractivity contribution in [2.24, 2.45) is 0 Å². The third kappa shape index (κ3) is 3.23. The zero-order chi connectivity index (χ0) is 14.4. The summed E-state index contributed by atoms with van der Waals surface area (Å²) in [6.45, 7) is 1.88. The van der Waals surface area contributed by atoms with Gasteiger partial charge in [0.2, 0.25) is 0 Å². The van der Waals surface area contributed by atoms with E-state index < -0.39 is 0 Å². The van der Waals surface area contributed by atoms with Crippen molar-refractivity contribution in [3.8, 4) is 0 Å². The van der Waals surface area contributed by atoms with Gasteiger partial charge in [0.1, 0.15) is 0 Å². The number of fused-ring (bicyclic) bond motifs is 1. The van der Waals surface area contributed by atoms with Crippen LogP contribution in [-0.4, -0.2) is 6.29 Å². The molecule has 0 atom stereocenters. The number of carbonyl (C=O) groups is 1. The molecular formula is C18H17NO. The molecule has 2 N–H and O–H groups in total. The average Bonchev–Trinajstić information content (AvgIpc) is 2.51. The topological polar surface area (TPSA) is 43.1 Å². The van der Waals surface area contributed by atoms with Crippen LogP contribution < -0.4 is 5.73 Å². The first-order valence-electron chi connectivity index (χ1n) is 6.46. The summed E-state index contributed by atoms with van der Waals surface area (Å²) in [5.41, 5.74) is 7.66. The highest BCUT2D eigenvalue weighted by molar-refractivity contribution is 5.84. The second kappa shape index (κ2) is 6.53. The molecule has 0 saturated carbocycles. The van der Waals surface area contributed by atoms with Gasteiger partial charge in [0, 0.05) is 11.3 Å². The van der Waals surface area contributed by atoms with Crippen LogP contribution in [-0.2, 0) is 0 Å². The molecule has 20 heavy (non-hydrogen) atoms. The van der Waals surface area contributed by atoms with Crippen LogP contribution in [0.15, 0.2) is 66.7 Å². The Bertz CT molecular complexity index is 654. The maximum absolute atomic E-state index is 10.3. The summed E-state index contributed by atoms with van der Waals surface area (Å²) in [7, 11) is 0. The monoisotopic (exact) mass is 263 g/mol. The molecule has 0 fully saturated rings. The number of nitrogens with two attached hydrogens (primary N) is 1. The Hall–Kier alpha value is -2.61. The second-order valence-corrected chi connectivity index (χ2v) is 4.54. The van der Waals surface area contributed by atoms with Crippen LogP contribution >= 0.6 is 0 Å². The SMILES string of the molecule is Cc1cccc(C=O)c1N.c1ccc2ccccc2c1. The molecule has 0 spiro atoms. The van der Waals surface area contributed by atoms with E-state index in [1.165, 1.54) is 10.8 Å². The van der Waals surface area contributed by atoms with Gasteiger partial charge in [-0.05, 0) is 29.3 Å². The van der Waals surface area contributed by atoms with Crippen molar-refractivity contribution < 1.29 is 4.79 Å². The first kappa shape index (κ1) is 13.8. The van der Waals surface area contributed by atoms with E-state index in [1.807, 2.05) is 19.1 Å². The number of hydrogen-bond acceptors (Lipinski definition) is 2. The summed E-state index contributed by atoms with van der Waals surface area (Å²) < 4.78 is 0. The number of rotatable bonds is 1. The Morgan fingerprint density at radius 1 is 0.800 bits per heavy atom.